The summed E-state index contributed by atoms with van der Waals surface area (Å²) >= 11 is 0. The minimum atomic E-state index is -1.08. The van der Waals surface area contributed by atoms with Crippen molar-refractivity contribution in [3.63, 3.8) is 0 Å². The largest absolute Gasteiger partial charge is 0.338 e. The average Bonchev–Trinajstić information content (AvgIpc) is 3.49. The Bertz CT molecular complexity index is 937. The van der Waals surface area contributed by atoms with E-state index in [1.54, 1.807) is 38.1 Å². The maximum atomic E-state index is 12.4. The van der Waals surface area contributed by atoms with Crippen LogP contribution in [-0.4, -0.2) is 28.6 Å². The van der Waals surface area contributed by atoms with Crippen molar-refractivity contribution in [2.75, 3.05) is 0 Å². The van der Waals surface area contributed by atoms with Crippen LogP contribution in [0, 0.1) is 17.8 Å². The van der Waals surface area contributed by atoms with Crippen LogP contribution in [0.4, 0.5) is 0 Å². The lowest BCUT2D eigenvalue weighted by Crippen LogP contribution is -2.61. The highest BCUT2D eigenvalue weighted by Gasteiger charge is 2.36. The Kier molecular flexibility index (Phi) is 6.02. The van der Waals surface area contributed by atoms with Crippen molar-refractivity contribution < 1.29 is 14.8 Å². The highest BCUT2D eigenvalue weighted by Crippen LogP contribution is 2.46. The minimum absolute atomic E-state index is 0.366. The lowest BCUT2D eigenvalue weighted by Gasteiger charge is -2.29. The third kappa shape index (κ3) is 5.23. The molecule has 5 N–H and O–H groups in total. The quantitative estimate of drug-likeness (QED) is 0.356. The third-order valence-electron chi connectivity index (χ3n) is 4.96. The second-order valence-electron chi connectivity index (χ2n) is 7.91. The van der Waals surface area contributed by atoms with Gasteiger partial charge >= 0.3 is 0 Å². The topological polar surface area (TPSA) is 104 Å². The van der Waals surface area contributed by atoms with E-state index in [0.717, 1.165) is 12.0 Å². The van der Waals surface area contributed by atoms with Crippen molar-refractivity contribution in [3.05, 3.63) is 71.3 Å². The average molecular weight is 391 g/mol. The van der Waals surface area contributed by atoms with Gasteiger partial charge in [-0.1, -0.05) is 42.2 Å². The second-order valence-corrected chi connectivity index (χ2v) is 7.91. The first-order valence-corrected chi connectivity index (χ1v) is 9.50. The van der Waals surface area contributed by atoms with Crippen LogP contribution in [-0.2, 0) is 4.79 Å². The summed E-state index contributed by atoms with van der Waals surface area (Å²) < 4.78 is 0. The van der Waals surface area contributed by atoms with Gasteiger partial charge in [0, 0.05) is 22.6 Å². The van der Waals surface area contributed by atoms with Crippen LogP contribution in [0.25, 0.3) is 0 Å². The van der Waals surface area contributed by atoms with Crippen molar-refractivity contribution in [3.8, 4) is 11.8 Å². The molecule has 1 saturated carbocycles. The number of carbonyl (C=O) groups excluding carboxylic acids is 2. The fourth-order valence-corrected chi connectivity index (χ4v) is 3.17. The number of nitrogens with two attached hydrogens (primary N) is 1. The van der Waals surface area contributed by atoms with E-state index in [1.165, 1.54) is 11.0 Å². The zero-order chi connectivity index (χ0) is 21.0. The number of hydrogen-bond donors (Lipinski definition) is 4. The van der Waals surface area contributed by atoms with Gasteiger partial charge in [-0.15, -0.1) is 0 Å². The van der Waals surface area contributed by atoms with E-state index in [2.05, 4.69) is 29.3 Å². The van der Waals surface area contributed by atoms with E-state index < -0.39 is 23.4 Å². The monoisotopic (exact) mass is 391 g/mol. The van der Waals surface area contributed by atoms with Crippen molar-refractivity contribution in [2.24, 2.45) is 11.7 Å². The van der Waals surface area contributed by atoms with Crippen molar-refractivity contribution in [1.29, 1.82) is 0 Å². The van der Waals surface area contributed by atoms with Crippen molar-refractivity contribution in [2.45, 2.75) is 37.8 Å². The summed E-state index contributed by atoms with van der Waals surface area (Å²) in [6.45, 7) is 3.18. The van der Waals surface area contributed by atoms with Crippen LogP contribution >= 0.6 is 0 Å². The summed E-state index contributed by atoms with van der Waals surface area (Å²) in [7, 11) is 0. The number of hydroxylamine groups is 1. The number of amides is 2. The van der Waals surface area contributed by atoms with E-state index >= 15 is 0 Å². The Balaban J connectivity index is 1.62. The molecule has 0 aromatic heterocycles. The van der Waals surface area contributed by atoms with E-state index in [4.69, 9.17) is 10.9 Å². The SMILES string of the molecule is CC(C)(N)[C@H](NC(=O)c1ccc(C#CC2CC2c2ccccc2)cc1)C(=O)NO. The van der Waals surface area contributed by atoms with E-state index in [0.29, 0.717) is 17.4 Å². The molecule has 3 rings (SSSR count). The van der Waals surface area contributed by atoms with Gasteiger partial charge in [-0.05, 0) is 56.0 Å². The summed E-state index contributed by atoms with van der Waals surface area (Å²) in [5.74, 6) is 6.10. The van der Waals surface area contributed by atoms with Crippen LogP contribution < -0.4 is 16.5 Å². The number of carbonyl (C=O) groups is 2. The molecular formula is C23H25N3O3. The molecule has 0 radical (unpaired) electrons. The van der Waals surface area contributed by atoms with Crippen LogP contribution in [0.3, 0.4) is 0 Å². The molecule has 1 fully saturated rings. The Morgan fingerprint density at radius 3 is 2.38 bits per heavy atom. The summed E-state index contributed by atoms with van der Waals surface area (Å²) in [5.41, 5.74) is 8.94. The minimum Gasteiger partial charge on any atom is -0.338 e. The Hall–Kier alpha value is -3.14. The van der Waals surface area contributed by atoms with Crippen LogP contribution in [0.2, 0.25) is 0 Å². The summed E-state index contributed by atoms with van der Waals surface area (Å²) in [6.07, 6.45) is 1.07. The standard InChI is InChI=1S/C23H25N3O3/c1-23(2,24)20(22(28)26-29)25-21(27)17-11-8-15(9-12-17)10-13-18-14-19(18)16-6-4-3-5-7-16/h3-9,11-12,18-20,29H,14,24H2,1-2H3,(H,25,27)(H,26,28)/t18?,19?,20-/m1/s1. The molecule has 1 aliphatic rings. The Labute approximate surface area is 170 Å². The number of hydrogen-bond acceptors (Lipinski definition) is 4. The Morgan fingerprint density at radius 1 is 1.14 bits per heavy atom. The molecule has 2 unspecified atom stereocenters. The lowest BCUT2D eigenvalue weighted by atomic mass is 9.95. The zero-order valence-electron chi connectivity index (χ0n) is 16.5. The Morgan fingerprint density at radius 2 is 1.79 bits per heavy atom. The van der Waals surface area contributed by atoms with Crippen molar-refractivity contribution in [1.82, 2.24) is 10.8 Å². The van der Waals surface area contributed by atoms with Crippen molar-refractivity contribution >= 4 is 11.8 Å². The molecule has 2 aromatic rings. The van der Waals surface area contributed by atoms with Gasteiger partial charge in [0.15, 0.2) is 0 Å². The van der Waals surface area contributed by atoms with Gasteiger partial charge in [-0.3, -0.25) is 14.8 Å². The fraction of sp³-hybridized carbons (Fsp3) is 0.304. The molecule has 0 saturated heterocycles. The number of benzene rings is 2. The van der Waals surface area contributed by atoms with Crippen LogP contribution in [0.5, 0.6) is 0 Å². The molecule has 6 nitrogen and oxygen atoms in total. The predicted molar refractivity (Wildman–Crippen MR) is 110 cm³/mol. The van der Waals surface area contributed by atoms with Gasteiger partial charge in [-0.2, -0.15) is 0 Å². The molecule has 29 heavy (non-hydrogen) atoms. The second kappa shape index (κ2) is 8.48. The highest BCUT2D eigenvalue weighted by atomic mass is 16.5. The molecule has 1 aliphatic carbocycles. The first kappa shape index (κ1) is 20.6. The molecule has 0 heterocycles. The molecule has 2 aromatic carbocycles. The smallest absolute Gasteiger partial charge is 0.267 e. The summed E-state index contributed by atoms with van der Waals surface area (Å²) in [6, 6.07) is 16.1. The predicted octanol–water partition coefficient (Wildman–Crippen LogP) is 2.18. The molecule has 0 aliphatic heterocycles. The molecule has 2 amide bonds. The zero-order valence-corrected chi connectivity index (χ0v) is 16.5. The number of nitrogens with one attached hydrogen (secondary N) is 2. The van der Waals surface area contributed by atoms with Gasteiger partial charge in [0.2, 0.25) is 0 Å². The first-order chi connectivity index (χ1) is 13.8. The maximum Gasteiger partial charge on any atom is 0.267 e. The van der Waals surface area contributed by atoms with Gasteiger partial charge < -0.3 is 11.1 Å². The third-order valence-corrected chi connectivity index (χ3v) is 4.96. The van der Waals surface area contributed by atoms with Gasteiger partial charge in [-0.25, -0.2) is 5.48 Å². The molecular weight excluding hydrogens is 366 g/mol. The fourth-order valence-electron chi connectivity index (χ4n) is 3.17. The number of rotatable bonds is 5. The van der Waals surface area contributed by atoms with Crippen LogP contribution in [0.1, 0.15) is 47.7 Å². The molecule has 6 heteroatoms. The maximum absolute atomic E-state index is 12.4. The van der Waals surface area contributed by atoms with Gasteiger partial charge in [0.05, 0.1) is 0 Å². The normalized spacial score (nSPS) is 18.8. The first-order valence-electron chi connectivity index (χ1n) is 9.50. The van der Waals surface area contributed by atoms with E-state index in [9.17, 15) is 9.59 Å². The molecule has 3 atom stereocenters. The van der Waals surface area contributed by atoms with Gasteiger partial charge in [0.1, 0.15) is 6.04 Å². The highest BCUT2D eigenvalue weighted by molar-refractivity contribution is 5.97. The van der Waals surface area contributed by atoms with Crippen LogP contribution in [0.15, 0.2) is 54.6 Å². The molecule has 0 bridgehead atoms. The van der Waals surface area contributed by atoms with E-state index in [-0.39, 0.29) is 0 Å². The lowest BCUT2D eigenvalue weighted by molar-refractivity contribution is -0.132. The summed E-state index contributed by atoms with van der Waals surface area (Å²) in [4.78, 5) is 24.2. The van der Waals surface area contributed by atoms with E-state index in [1.807, 2.05) is 18.2 Å². The van der Waals surface area contributed by atoms with Gasteiger partial charge in [0.25, 0.3) is 11.8 Å². The molecule has 150 valence electrons. The summed E-state index contributed by atoms with van der Waals surface area (Å²) in [5, 5.41) is 11.4. The molecule has 0 spiro atoms.